The van der Waals surface area contributed by atoms with Crippen molar-refractivity contribution in [3.63, 3.8) is 0 Å². The van der Waals surface area contributed by atoms with Gasteiger partial charge in [0.1, 0.15) is 5.82 Å². The maximum atomic E-state index is 12.8. The van der Waals surface area contributed by atoms with Gasteiger partial charge >= 0.3 is 0 Å². The molecular formula is C15H22FN3O. The van der Waals surface area contributed by atoms with Gasteiger partial charge in [0.15, 0.2) is 0 Å². The molecule has 2 rings (SSSR count). The molecule has 0 bridgehead atoms. The molecule has 1 unspecified atom stereocenters. The van der Waals surface area contributed by atoms with Crippen LogP contribution in [0.3, 0.4) is 0 Å². The molecule has 0 aliphatic carbocycles. The van der Waals surface area contributed by atoms with Gasteiger partial charge in [-0.25, -0.2) is 4.39 Å². The van der Waals surface area contributed by atoms with Crippen molar-refractivity contribution >= 4 is 5.91 Å². The summed E-state index contributed by atoms with van der Waals surface area (Å²) in [6.07, 6.45) is 0.725. The predicted molar refractivity (Wildman–Crippen MR) is 77.0 cm³/mol. The summed E-state index contributed by atoms with van der Waals surface area (Å²) in [5.74, 6) is -0.175. The van der Waals surface area contributed by atoms with Crippen LogP contribution >= 0.6 is 0 Å². The standard InChI is InChI=1S/C15H22FN3O/c1-12-10-17-8-9-19(12)11-15(20)18-7-6-13-2-4-14(16)5-3-13/h2-5,12,17H,6-11H2,1H3,(H,18,20). The second-order valence-corrected chi connectivity index (χ2v) is 5.25. The van der Waals surface area contributed by atoms with Crippen molar-refractivity contribution in [1.82, 2.24) is 15.5 Å². The van der Waals surface area contributed by atoms with Crippen LogP contribution in [0.4, 0.5) is 4.39 Å². The highest BCUT2D eigenvalue weighted by atomic mass is 19.1. The van der Waals surface area contributed by atoms with Gasteiger partial charge in [0.05, 0.1) is 6.54 Å². The molecule has 0 radical (unpaired) electrons. The molecule has 1 atom stereocenters. The average Bonchev–Trinajstić information content (AvgIpc) is 2.44. The fraction of sp³-hybridized carbons (Fsp3) is 0.533. The summed E-state index contributed by atoms with van der Waals surface area (Å²) in [4.78, 5) is 14.1. The number of piperazine rings is 1. The zero-order valence-electron chi connectivity index (χ0n) is 11.9. The minimum Gasteiger partial charge on any atom is -0.355 e. The summed E-state index contributed by atoms with van der Waals surface area (Å²) < 4.78 is 12.8. The molecule has 0 spiro atoms. The molecule has 20 heavy (non-hydrogen) atoms. The highest BCUT2D eigenvalue weighted by Crippen LogP contribution is 2.03. The Morgan fingerprint density at radius 1 is 1.45 bits per heavy atom. The van der Waals surface area contributed by atoms with Crippen LogP contribution in [-0.4, -0.2) is 49.6 Å². The number of benzene rings is 1. The molecule has 1 aromatic rings. The zero-order chi connectivity index (χ0) is 14.4. The molecule has 1 aliphatic heterocycles. The van der Waals surface area contributed by atoms with Gasteiger partial charge in [0, 0.05) is 32.2 Å². The number of carbonyl (C=O) groups is 1. The van der Waals surface area contributed by atoms with Gasteiger partial charge in [-0.15, -0.1) is 0 Å². The number of carbonyl (C=O) groups excluding carboxylic acids is 1. The number of halogens is 1. The van der Waals surface area contributed by atoms with E-state index in [2.05, 4.69) is 22.5 Å². The minimum absolute atomic E-state index is 0.0564. The average molecular weight is 279 g/mol. The Morgan fingerprint density at radius 3 is 2.90 bits per heavy atom. The number of hydrogen-bond donors (Lipinski definition) is 2. The topological polar surface area (TPSA) is 44.4 Å². The van der Waals surface area contributed by atoms with E-state index in [1.807, 2.05) is 0 Å². The van der Waals surface area contributed by atoms with Crippen LogP contribution in [-0.2, 0) is 11.2 Å². The smallest absolute Gasteiger partial charge is 0.234 e. The van der Waals surface area contributed by atoms with Crippen molar-refractivity contribution < 1.29 is 9.18 Å². The first-order valence-corrected chi connectivity index (χ1v) is 7.11. The van der Waals surface area contributed by atoms with Crippen molar-refractivity contribution in [3.05, 3.63) is 35.6 Å². The van der Waals surface area contributed by atoms with E-state index in [1.165, 1.54) is 12.1 Å². The molecule has 2 N–H and O–H groups in total. The highest BCUT2D eigenvalue weighted by molar-refractivity contribution is 5.78. The van der Waals surface area contributed by atoms with E-state index >= 15 is 0 Å². The molecule has 5 heteroatoms. The highest BCUT2D eigenvalue weighted by Gasteiger charge is 2.19. The first kappa shape index (κ1) is 14.9. The van der Waals surface area contributed by atoms with Crippen LogP contribution in [0.5, 0.6) is 0 Å². The molecule has 1 aromatic carbocycles. The van der Waals surface area contributed by atoms with Crippen LogP contribution in [0.25, 0.3) is 0 Å². The van der Waals surface area contributed by atoms with Gasteiger partial charge in [-0.2, -0.15) is 0 Å². The second-order valence-electron chi connectivity index (χ2n) is 5.25. The number of hydrogen-bond acceptors (Lipinski definition) is 3. The minimum atomic E-state index is -0.231. The molecule has 1 heterocycles. The van der Waals surface area contributed by atoms with Crippen molar-refractivity contribution in [2.45, 2.75) is 19.4 Å². The molecule has 110 valence electrons. The fourth-order valence-electron chi connectivity index (χ4n) is 2.36. The van der Waals surface area contributed by atoms with E-state index < -0.39 is 0 Å². The van der Waals surface area contributed by atoms with Crippen LogP contribution < -0.4 is 10.6 Å². The van der Waals surface area contributed by atoms with E-state index in [9.17, 15) is 9.18 Å². The Balaban J connectivity index is 1.68. The number of nitrogens with zero attached hydrogens (tertiary/aromatic N) is 1. The molecule has 1 saturated heterocycles. The Labute approximate surface area is 119 Å². The van der Waals surface area contributed by atoms with Gasteiger partial charge in [-0.1, -0.05) is 12.1 Å². The zero-order valence-corrected chi connectivity index (χ0v) is 11.9. The van der Waals surface area contributed by atoms with Crippen LogP contribution in [0, 0.1) is 5.82 Å². The number of rotatable bonds is 5. The van der Waals surface area contributed by atoms with Gasteiger partial charge in [-0.05, 0) is 31.0 Å². The third-order valence-corrected chi connectivity index (χ3v) is 3.63. The van der Waals surface area contributed by atoms with Crippen molar-refractivity contribution in [3.8, 4) is 0 Å². The van der Waals surface area contributed by atoms with Crippen LogP contribution in [0.2, 0.25) is 0 Å². The largest absolute Gasteiger partial charge is 0.355 e. The molecular weight excluding hydrogens is 257 g/mol. The SMILES string of the molecule is CC1CNCCN1CC(=O)NCCc1ccc(F)cc1. The van der Waals surface area contributed by atoms with Crippen molar-refractivity contribution in [1.29, 1.82) is 0 Å². The second kappa shape index (κ2) is 7.36. The normalized spacial score (nSPS) is 19.8. The maximum absolute atomic E-state index is 12.8. The van der Waals surface area contributed by atoms with Gasteiger partial charge in [-0.3, -0.25) is 9.69 Å². The van der Waals surface area contributed by atoms with Gasteiger partial charge in [0.2, 0.25) is 5.91 Å². The lowest BCUT2D eigenvalue weighted by atomic mass is 10.1. The predicted octanol–water partition coefficient (Wildman–Crippen LogP) is 0.778. The lowest BCUT2D eigenvalue weighted by molar-refractivity contribution is -0.122. The monoisotopic (exact) mass is 279 g/mol. The van der Waals surface area contributed by atoms with Crippen molar-refractivity contribution in [2.75, 3.05) is 32.7 Å². The Kier molecular flexibility index (Phi) is 5.49. The summed E-state index contributed by atoms with van der Waals surface area (Å²) in [5.41, 5.74) is 1.03. The first-order chi connectivity index (χ1) is 9.65. The van der Waals surface area contributed by atoms with Crippen molar-refractivity contribution in [2.24, 2.45) is 0 Å². The summed E-state index contributed by atoms with van der Waals surface area (Å²) in [6, 6.07) is 6.78. The number of amides is 1. The fourth-order valence-corrected chi connectivity index (χ4v) is 2.36. The molecule has 4 nitrogen and oxygen atoms in total. The Hall–Kier alpha value is -1.46. The molecule has 1 amide bonds. The summed E-state index contributed by atoms with van der Waals surface area (Å²) in [7, 11) is 0. The summed E-state index contributed by atoms with van der Waals surface area (Å²) in [6.45, 7) is 5.94. The van der Waals surface area contributed by atoms with E-state index in [0.29, 0.717) is 19.1 Å². The maximum Gasteiger partial charge on any atom is 0.234 e. The van der Waals surface area contributed by atoms with E-state index in [1.54, 1.807) is 12.1 Å². The summed E-state index contributed by atoms with van der Waals surface area (Å²) in [5, 5.41) is 6.22. The molecule has 1 fully saturated rings. The molecule has 0 saturated carbocycles. The van der Waals surface area contributed by atoms with E-state index in [4.69, 9.17) is 0 Å². The van der Waals surface area contributed by atoms with Gasteiger partial charge < -0.3 is 10.6 Å². The molecule has 1 aliphatic rings. The van der Waals surface area contributed by atoms with Gasteiger partial charge in [0.25, 0.3) is 0 Å². The number of nitrogens with one attached hydrogen (secondary N) is 2. The third-order valence-electron chi connectivity index (χ3n) is 3.63. The quantitative estimate of drug-likeness (QED) is 0.837. The lowest BCUT2D eigenvalue weighted by Crippen LogP contribution is -2.52. The Bertz CT molecular complexity index is 435. The van der Waals surface area contributed by atoms with Crippen LogP contribution in [0.15, 0.2) is 24.3 Å². The van der Waals surface area contributed by atoms with Crippen LogP contribution in [0.1, 0.15) is 12.5 Å². The lowest BCUT2D eigenvalue weighted by Gasteiger charge is -2.33. The van der Waals surface area contributed by atoms with E-state index in [-0.39, 0.29) is 11.7 Å². The van der Waals surface area contributed by atoms with E-state index in [0.717, 1.165) is 31.6 Å². The first-order valence-electron chi connectivity index (χ1n) is 7.11. The molecule has 0 aromatic heterocycles. The third kappa shape index (κ3) is 4.58. The summed E-state index contributed by atoms with van der Waals surface area (Å²) >= 11 is 0. The Morgan fingerprint density at radius 2 is 2.20 bits per heavy atom.